The summed E-state index contributed by atoms with van der Waals surface area (Å²) >= 11 is 0. The Kier molecular flexibility index (Phi) is 5.48. The summed E-state index contributed by atoms with van der Waals surface area (Å²) < 4.78 is 28.4. The van der Waals surface area contributed by atoms with Gasteiger partial charge in [-0.25, -0.2) is 8.78 Å². The van der Waals surface area contributed by atoms with E-state index in [1.807, 2.05) is 12.1 Å². The minimum Gasteiger partial charge on any atom is -0.371 e. The number of hydrogen-bond acceptors (Lipinski definition) is 2. The van der Waals surface area contributed by atoms with Crippen molar-refractivity contribution in [3.8, 4) is 11.8 Å². The maximum absolute atomic E-state index is 11.8. The van der Waals surface area contributed by atoms with E-state index >= 15 is 0 Å². The first-order chi connectivity index (χ1) is 7.72. The number of alkyl halides is 2. The Morgan fingerprint density at radius 2 is 1.94 bits per heavy atom. The van der Waals surface area contributed by atoms with Crippen molar-refractivity contribution in [2.75, 3.05) is 13.2 Å². The molecule has 0 unspecified atom stereocenters. The number of ether oxygens (including phenoxy) is 1. The van der Waals surface area contributed by atoms with E-state index in [4.69, 9.17) is 10.5 Å². The predicted molar refractivity (Wildman–Crippen MR) is 58.0 cm³/mol. The van der Waals surface area contributed by atoms with Gasteiger partial charge in [-0.2, -0.15) is 0 Å². The average Bonchev–Trinajstić information content (AvgIpc) is 2.27. The van der Waals surface area contributed by atoms with E-state index in [0.717, 1.165) is 11.1 Å². The molecule has 86 valence electrons. The second-order valence-corrected chi connectivity index (χ2v) is 3.11. The molecule has 4 heteroatoms. The number of halogens is 2. The normalized spacial score (nSPS) is 10.0. The zero-order valence-corrected chi connectivity index (χ0v) is 8.75. The molecule has 0 spiro atoms. The molecule has 0 saturated heterocycles. The Bertz CT molecular complexity index is 365. The van der Waals surface area contributed by atoms with Gasteiger partial charge < -0.3 is 10.5 Å². The lowest BCUT2D eigenvalue weighted by Crippen LogP contribution is -2.04. The molecule has 0 saturated carbocycles. The molecule has 0 radical (unpaired) electrons. The van der Waals surface area contributed by atoms with E-state index in [9.17, 15) is 8.78 Å². The molecule has 1 rings (SSSR count). The fourth-order valence-electron chi connectivity index (χ4n) is 1.10. The SMILES string of the molecule is NCC#Cc1ccc(COCC(F)F)cc1. The van der Waals surface area contributed by atoms with Crippen LogP contribution < -0.4 is 5.73 Å². The molecule has 0 atom stereocenters. The van der Waals surface area contributed by atoms with Gasteiger partial charge in [-0.3, -0.25) is 0 Å². The summed E-state index contributed by atoms with van der Waals surface area (Å²) in [6, 6.07) is 7.21. The largest absolute Gasteiger partial charge is 0.371 e. The third-order valence-corrected chi connectivity index (χ3v) is 1.80. The fraction of sp³-hybridized carbons (Fsp3) is 0.333. The van der Waals surface area contributed by atoms with Crippen molar-refractivity contribution in [2.45, 2.75) is 13.0 Å². The molecule has 0 aliphatic carbocycles. The first kappa shape index (κ1) is 12.6. The van der Waals surface area contributed by atoms with E-state index in [-0.39, 0.29) is 6.61 Å². The molecule has 0 aliphatic heterocycles. The zero-order valence-electron chi connectivity index (χ0n) is 8.75. The van der Waals surface area contributed by atoms with Gasteiger partial charge in [0, 0.05) is 5.56 Å². The van der Waals surface area contributed by atoms with Crippen LogP contribution in [0.25, 0.3) is 0 Å². The van der Waals surface area contributed by atoms with Gasteiger partial charge in [-0.05, 0) is 17.7 Å². The van der Waals surface area contributed by atoms with Crippen molar-refractivity contribution in [1.29, 1.82) is 0 Å². The van der Waals surface area contributed by atoms with Gasteiger partial charge >= 0.3 is 0 Å². The lowest BCUT2D eigenvalue weighted by atomic mass is 10.1. The molecule has 16 heavy (non-hydrogen) atoms. The summed E-state index contributed by atoms with van der Waals surface area (Å²) in [6.07, 6.45) is -2.42. The summed E-state index contributed by atoms with van der Waals surface area (Å²) in [7, 11) is 0. The highest BCUT2D eigenvalue weighted by molar-refractivity contribution is 5.36. The van der Waals surface area contributed by atoms with Gasteiger partial charge in [0.1, 0.15) is 6.61 Å². The summed E-state index contributed by atoms with van der Waals surface area (Å²) in [5, 5.41) is 0. The molecule has 2 N–H and O–H groups in total. The van der Waals surface area contributed by atoms with Crippen LogP contribution in [0.2, 0.25) is 0 Å². The van der Waals surface area contributed by atoms with Crippen molar-refractivity contribution in [1.82, 2.24) is 0 Å². The maximum Gasteiger partial charge on any atom is 0.261 e. The van der Waals surface area contributed by atoms with E-state index in [1.165, 1.54) is 0 Å². The molecular weight excluding hydrogens is 212 g/mol. The van der Waals surface area contributed by atoms with Crippen LogP contribution in [-0.2, 0) is 11.3 Å². The smallest absolute Gasteiger partial charge is 0.261 e. The van der Waals surface area contributed by atoms with Crippen LogP contribution in [0.15, 0.2) is 24.3 Å². The van der Waals surface area contributed by atoms with Gasteiger partial charge in [0.25, 0.3) is 6.43 Å². The molecular formula is C12H13F2NO. The van der Waals surface area contributed by atoms with E-state index in [0.29, 0.717) is 6.54 Å². The van der Waals surface area contributed by atoms with Gasteiger partial charge in [0.05, 0.1) is 13.2 Å². The van der Waals surface area contributed by atoms with Crippen molar-refractivity contribution in [3.05, 3.63) is 35.4 Å². The summed E-state index contributed by atoms with van der Waals surface area (Å²) in [6.45, 7) is -0.0249. The van der Waals surface area contributed by atoms with Crippen LogP contribution in [0, 0.1) is 11.8 Å². The minimum absolute atomic E-state index is 0.189. The van der Waals surface area contributed by atoms with E-state index in [2.05, 4.69) is 11.8 Å². The Balaban J connectivity index is 2.45. The van der Waals surface area contributed by atoms with Crippen LogP contribution in [0.3, 0.4) is 0 Å². The quantitative estimate of drug-likeness (QED) is 0.793. The highest BCUT2D eigenvalue weighted by Crippen LogP contribution is 2.05. The molecule has 2 nitrogen and oxygen atoms in total. The standard InChI is InChI=1S/C12H13F2NO/c13-12(14)9-16-8-11-5-3-10(4-6-11)2-1-7-15/h3-6,12H,7-9,15H2. The van der Waals surface area contributed by atoms with Crippen LogP contribution in [0.4, 0.5) is 8.78 Å². The van der Waals surface area contributed by atoms with Crippen molar-refractivity contribution in [2.24, 2.45) is 5.73 Å². The highest BCUT2D eigenvalue weighted by atomic mass is 19.3. The Hall–Kier alpha value is -1.44. The molecule has 0 fully saturated rings. The lowest BCUT2D eigenvalue weighted by molar-refractivity contribution is 0.00988. The third-order valence-electron chi connectivity index (χ3n) is 1.80. The zero-order chi connectivity index (χ0) is 11.8. The van der Waals surface area contributed by atoms with Gasteiger partial charge in [-0.1, -0.05) is 24.0 Å². The van der Waals surface area contributed by atoms with Crippen LogP contribution in [-0.4, -0.2) is 19.6 Å². The average molecular weight is 225 g/mol. The number of rotatable bonds is 4. The number of hydrogen-bond donors (Lipinski definition) is 1. The Morgan fingerprint density at radius 1 is 1.25 bits per heavy atom. The third kappa shape index (κ3) is 4.87. The Labute approximate surface area is 93.4 Å². The number of nitrogens with two attached hydrogens (primary N) is 1. The van der Waals surface area contributed by atoms with E-state index < -0.39 is 13.0 Å². The second kappa shape index (κ2) is 6.94. The van der Waals surface area contributed by atoms with E-state index in [1.54, 1.807) is 12.1 Å². The molecule has 0 heterocycles. The van der Waals surface area contributed by atoms with Crippen molar-refractivity contribution in [3.63, 3.8) is 0 Å². The molecule has 1 aromatic carbocycles. The van der Waals surface area contributed by atoms with Crippen molar-refractivity contribution >= 4 is 0 Å². The summed E-state index contributed by atoms with van der Waals surface area (Å²) in [4.78, 5) is 0. The van der Waals surface area contributed by atoms with Crippen LogP contribution in [0.5, 0.6) is 0 Å². The second-order valence-electron chi connectivity index (χ2n) is 3.11. The van der Waals surface area contributed by atoms with Gasteiger partial charge in [-0.15, -0.1) is 0 Å². The maximum atomic E-state index is 11.8. The molecule has 0 bridgehead atoms. The Morgan fingerprint density at radius 3 is 2.50 bits per heavy atom. The first-order valence-electron chi connectivity index (χ1n) is 4.86. The molecule has 0 amide bonds. The lowest BCUT2D eigenvalue weighted by Gasteiger charge is -2.03. The van der Waals surface area contributed by atoms with Crippen LogP contribution >= 0.6 is 0 Å². The monoisotopic (exact) mass is 225 g/mol. The first-order valence-corrected chi connectivity index (χ1v) is 4.86. The molecule has 1 aromatic rings. The summed E-state index contributed by atoms with van der Waals surface area (Å²) in [5.41, 5.74) is 6.93. The molecule has 0 aliphatic rings. The number of benzene rings is 1. The van der Waals surface area contributed by atoms with Crippen molar-refractivity contribution < 1.29 is 13.5 Å². The fourth-order valence-corrected chi connectivity index (χ4v) is 1.10. The van der Waals surface area contributed by atoms with Gasteiger partial charge in [0.15, 0.2) is 0 Å². The summed E-state index contributed by atoms with van der Waals surface area (Å²) in [5.74, 6) is 5.60. The highest BCUT2D eigenvalue weighted by Gasteiger charge is 2.01. The topological polar surface area (TPSA) is 35.2 Å². The minimum atomic E-state index is -2.42. The van der Waals surface area contributed by atoms with Crippen LogP contribution in [0.1, 0.15) is 11.1 Å². The van der Waals surface area contributed by atoms with Gasteiger partial charge in [0.2, 0.25) is 0 Å². The molecule has 0 aromatic heterocycles. The predicted octanol–water partition coefficient (Wildman–Crippen LogP) is 1.78.